The molecule has 1 N–H and O–H groups in total. The number of ether oxygens (including phenoxy) is 1. The van der Waals surface area contributed by atoms with Crippen molar-refractivity contribution in [3.05, 3.63) is 23.3 Å². The van der Waals surface area contributed by atoms with E-state index in [1.165, 1.54) is 0 Å². The van der Waals surface area contributed by atoms with Crippen LogP contribution in [0.4, 0.5) is 30.7 Å². The number of hydrogen-bond donors (Lipinski definition) is 1. The Kier molecular flexibility index (Phi) is 4.10. The highest BCUT2D eigenvalue weighted by Gasteiger charge is 2.42. The average Bonchev–Trinajstić information content (AvgIpc) is 2.19. The molecule has 0 aliphatic carbocycles. The highest BCUT2D eigenvalue weighted by molar-refractivity contribution is 5.69. The van der Waals surface area contributed by atoms with Crippen molar-refractivity contribution in [1.82, 2.24) is 4.98 Å². The number of pyridine rings is 1. The minimum absolute atomic E-state index is 0.123. The van der Waals surface area contributed by atoms with Crippen LogP contribution in [0.25, 0.3) is 0 Å². The van der Waals surface area contributed by atoms with E-state index in [1.807, 2.05) is 0 Å². The van der Waals surface area contributed by atoms with E-state index in [1.54, 1.807) is 0 Å². The fourth-order valence-corrected chi connectivity index (χ4v) is 1.19. The van der Waals surface area contributed by atoms with Gasteiger partial charge in [0, 0.05) is 6.20 Å². The van der Waals surface area contributed by atoms with Crippen LogP contribution in [0, 0.1) is 5.82 Å². The normalized spacial score (nSPS) is 12.3. The largest absolute Gasteiger partial charge is 0.573 e. The van der Waals surface area contributed by atoms with Crippen LogP contribution in [-0.2, 0) is 17.4 Å². The van der Waals surface area contributed by atoms with Gasteiger partial charge in [-0.25, -0.2) is 4.39 Å². The lowest BCUT2D eigenvalue weighted by atomic mass is 10.2. The molecule has 1 heterocycles. The van der Waals surface area contributed by atoms with Gasteiger partial charge in [-0.3, -0.25) is 9.78 Å². The molecule has 0 spiro atoms. The monoisotopic (exact) mass is 307 g/mol. The third-order valence-electron chi connectivity index (χ3n) is 1.89. The maximum absolute atomic E-state index is 13.5. The van der Waals surface area contributed by atoms with Gasteiger partial charge in [-0.15, -0.1) is 13.2 Å². The summed E-state index contributed by atoms with van der Waals surface area (Å²) >= 11 is 0. The standard InChI is InChI=1S/C9H4F7NO3/c10-6-4(1-5(18)19)17-2-3(8(11,12)13)7(6)20-9(14,15)16/h2H,1H2,(H,18,19). The molecule has 0 amide bonds. The van der Waals surface area contributed by atoms with Crippen molar-refractivity contribution >= 4 is 5.97 Å². The van der Waals surface area contributed by atoms with Crippen LogP contribution < -0.4 is 4.74 Å². The first-order valence-corrected chi connectivity index (χ1v) is 4.64. The molecule has 0 aliphatic rings. The van der Waals surface area contributed by atoms with Crippen molar-refractivity contribution in [3.8, 4) is 5.75 Å². The van der Waals surface area contributed by atoms with Crippen LogP contribution in [-0.4, -0.2) is 22.4 Å². The lowest BCUT2D eigenvalue weighted by Gasteiger charge is -2.16. The van der Waals surface area contributed by atoms with Gasteiger partial charge in [0.15, 0.2) is 11.6 Å². The SMILES string of the molecule is O=C(O)Cc1ncc(C(F)(F)F)c(OC(F)(F)F)c1F. The molecule has 1 rings (SSSR count). The quantitative estimate of drug-likeness (QED) is 0.872. The topological polar surface area (TPSA) is 59.4 Å². The Morgan fingerprint density at radius 2 is 1.80 bits per heavy atom. The Balaban J connectivity index is 3.42. The first kappa shape index (κ1) is 16.0. The van der Waals surface area contributed by atoms with Gasteiger partial charge < -0.3 is 9.84 Å². The van der Waals surface area contributed by atoms with Gasteiger partial charge in [0.2, 0.25) is 0 Å². The molecular weight excluding hydrogens is 303 g/mol. The van der Waals surface area contributed by atoms with E-state index in [-0.39, 0.29) is 6.20 Å². The number of carboxylic acid groups (broad SMARTS) is 1. The van der Waals surface area contributed by atoms with E-state index in [0.717, 1.165) is 0 Å². The summed E-state index contributed by atoms with van der Waals surface area (Å²) in [7, 11) is 0. The van der Waals surface area contributed by atoms with E-state index in [0.29, 0.717) is 0 Å². The lowest BCUT2D eigenvalue weighted by molar-refractivity contribution is -0.277. The molecule has 1 aromatic heterocycles. The van der Waals surface area contributed by atoms with Crippen molar-refractivity contribution in [3.63, 3.8) is 0 Å². The zero-order valence-electron chi connectivity index (χ0n) is 9.14. The van der Waals surface area contributed by atoms with Gasteiger partial charge >= 0.3 is 18.5 Å². The van der Waals surface area contributed by atoms with Crippen LogP contribution >= 0.6 is 0 Å². The number of hydrogen-bond acceptors (Lipinski definition) is 3. The van der Waals surface area contributed by atoms with Crippen LogP contribution in [0.2, 0.25) is 0 Å². The summed E-state index contributed by atoms with van der Waals surface area (Å²) < 4.78 is 89.7. The minimum Gasteiger partial charge on any atom is -0.481 e. The number of carbonyl (C=O) groups is 1. The Hall–Kier alpha value is -2.07. The summed E-state index contributed by atoms with van der Waals surface area (Å²) in [5.41, 5.74) is -3.20. The van der Waals surface area contributed by atoms with Crippen LogP contribution in [0.15, 0.2) is 6.20 Å². The second-order valence-corrected chi connectivity index (χ2v) is 3.38. The molecule has 0 bridgehead atoms. The zero-order chi connectivity index (χ0) is 15.7. The van der Waals surface area contributed by atoms with E-state index >= 15 is 0 Å². The van der Waals surface area contributed by atoms with Gasteiger partial charge in [-0.1, -0.05) is 0 Å². The van der Waals surface area contributed by atoms with Gasteiger partial charge in [-0.2, -0.15) is 13.2 Å². The second-order valence-electron chi connectivity index (χ2n) is 3.38. The summed E-state index contributed by atoms with van der Waals surface area (Å²) in [4.78, 5) is 13.2. The van der Waals surface area contributed by atoms with Crippen molar-refractivity contribution in [2.75, 3.05) is 0 Å². The summed E-state index contributed by atoms with van der Waals surface area (Å²) in [5, 5.41) is 8.35. The van der Waals surface area contributed by atoms with Gasteiger partial charge in [0.1, 0.15) is 5.56 Å². The average molecular weight is 307 g/mol. The van der Waals surface area contributed by atoms with Crippen molar-refractivity contribution in [1.29, 1.82) is 0 Å². The third kappa shape index (κ3) is 3.96. The predicted molar refractivity (Wildman–Crippen MR) is 47.2 cm³/mol. The molecule has 20 heavy (non-hydrogen) atoms. The molecule has 4 nitrogen and oxygen atoms in total. The number of aliphatic carboxylic acids is 1. The lowest BCUT2D eigenvalue weighted by Crippen LogP contribution is -2.22. The zero-order valence-corrected chi connectivity index (χ0v) is 9.14. The highest BCUT2D eigenvalue weighted by atomic mass is 19.4. The molecule has 0 unspecified atom stereocenters. The third-order valence-corrected chi connectivity index (χ3v) is 1.89. The fraction of sp³-hybridized carbons (Fsp3) is 0.333. The predicted octanol–water partition coefficient (Wildman–Crippen LogP) is 2.77. The summed E-state index contributed by atoms with van der Waals surface area (Å²) in [5.74, 6) is -5.97. The molecule has 1 aromatic rings. The summed E-state index contributed by atoms with van der Waals surface area (Å²) in [6.45, 7) is 0. The Morgan fingerprint density at radius 3 is 2.20 bits per heavy atom. The number of nitrogens with zero attached hydrogens (tertiary/aromatic N) is 1. The van der Waals surface area contributed by atoms with E-state index in [4.69, 9.17) is 5.11 Å². The van der Waals surface area contributed by atoms with Crippen LogP contribution in [0.1, 0.15) is 11.3 Å². The molecular formula is C9H4F7NO3. The van der Waals surface area contributed by atoms with Gasteiger partial charge in [-0.05, 0) is 0 Å². The molecule has 0 atom stereocenters. The number of carboxylic acids is 1. The molecule has 0 saturated carbocycles. The van der Waals surface area contributed by atoms with E-state index in [2.05, 4.69) is 9.72 Å². The van der Waals surface area contributed by atoms with E-state index < -0.39 is 47.8 Å². The van der Waals surface area contributed by atoms with Crippen molar-refractivity contribution < 1.29 is 45.4 Å². The fourth-order valence-electron chi connectivity index (χ4n) is 1.19. The first-order chi connectivity index (χ1) is 8.92. The van der Waals surface area contributed by atoms with Crippen molar-refractivity contribution in [2.45, 2.75) is 19.0 Å². The van der Waals surface area contributed by atoms with Gasteiger partial charge in [0.05, 0.1) is 12.1 Å². The molecule has 11 heteroatoms. The number of rotatable bonds is 3. The van der Waals surface area contributed by atoms with Crippen LogP contribution in [0.3, 0.4) is 0 Å². The summed E-state index contributed by atoms with van der Waals surface area (Å²) in [6, 6.07) is 0. The molecule has 0 fully saturated rings. The molecule has 0 saturated heterocycles. The smallest absolute Gasteiger partial charge is 0.481 e. The Morgan fingerprint density at radius 1 is 1.25 bits per heavy atom. The second kappa shape index (κ2) is 5.13. The summed E-state index contributed by atoms with van der Waals surface area (Å²) in [6.07, 6.45) is -12.3. The maximum Gasteiger partial charge on any atom is 0.573 e. The number of aromatic nitrogens is 1. The maximum atomic E-state index is 13.5. The molecule has 0 aromatic carbocycles. The Labute approximate surface area is 105 Å². The van der Waals surface area contributed by atoms with Gasteiger partial charge in [0.25, 0.3) is 0 Å². The number of alkyl halides is 6. The van der Waals surface area contributed by atoms with E-state index in [9.17, 15) is 35.5 Å². The molecule has 0 aliphatic heterocycles. The number of halogens is 7. The molecule has 112 valence electrons. The first-order valence-electron chi connectivity index (χ1n) is 4.64. The molecule has 0 radical (unpaired) electrons. The Bertz CT molecular complexity index is 523. The van der Waals surface area contributed by atoms with Crippen molar-refractivity contribution in [2.24, 2.45) is 0 Å². The minimum atomic E-state index is -5.58. The highest BCUT2D eigenvalue weighted by Crippen LogP contribution is 2.40. The van der Waals surface area contributed by atoms with Crippen LogP contribution in [0.5, 0.6) is 5.75 Å².